The number of hydrogen-bond acceptors (Lipinski definition) is 5. The summed E-state index contributed by atoms with van der Waals surface area (Å²) in [7, 11) is 0. The van der Waals surface area contributed by atoms with E-state index in [-0.39, 0.29) is 47.5 Å². The summed E-state index contributed by atoms with van der Waals surface area (Å²) in [5.74, 6) is -1.54. The zero-order valence-corrected chi connectivity index (χ0v) is 24.1. The van der Waals surface area contributed by atoms with Crippen LogP contribution in [0.4, 0.5) is 4.39 Å². The fraction of sp³-hybridized carbons (Fsp3) is 0.394. The average molecular weight is 535 g/mol. The first-order valence-corrected chi connectivity index (χ1v) is 13.5. The van der Waals surface area contributed by atoms with Gasteiger partial charge in [-0.2, -0.15) is 0 Å². The van der Waals surface area contributed by atoms with Crippen molar-refractivity contribution < 1.29 is 28.2 Å². The monoisotopic (exact) mass is 534 g/mol. The minimum absolute atomic E-state index is 0.0692. The van der Waals surface area contributed by atoms with Gasteiger partial charge in [0.05, 0.1) is 23.3 Å². The van der Waals surface area contributed by atoms with Crippen LogP contribution in [-0.4, -0.2) is 24.1 Å². The summed E-state index contributed by atoms with van der Waals surface area (Å²) in [6.45, 7) is 15.2. The van der Waals surface area contributed by atoms with Gasteiger partial charge in [-0.25, -0.2) is 14.0 Å². The van der Waals surface area contributed by atoms with Crippen molar-refractivity contribution in [3.05, 3.63) is 88.2 Å². The molecule has 0 unspecified atom stereocenters. The number of carbonyl (C=O) groups is 2. The summed E-state index contributed by atoms with van der Waals surface area (Å²) in [5, 5.41) is 0. The molecule has 0 N–H and O–H groups in total. The topological polar surface area (TPSA) is 61.8 Å². The predicted molar refractivity (Wildman–Crippen MR) is 152 cm³/mol. The molecule has 0 aliphatic carbocycles. The number of rotatable bonds is 10. The van der Waals surface area contributed by atoms with Crippen LogP contribution in [0.15, 0.2) is 54.6 Å². The molecule has 0 heterocycles. The standard InChI is InChI=1S/C33H39FO5/c1-19(2)26-17-27(20(3)4)31(33(36)39-22(7)8)29(30(26)32(35)38-21(5)6)25-15-14-24(34)16-28(25)37-18-23-12-10-9-11-13-23/h9-17,19-22H,18H2,1-8H3. The van der Waals surface area contributed by atoms with Gasteiger partial charge in [0.15, 0.2) is 0 Å². The van der Waals surface area contributed by atoms with E-state index in [1.165, 1.54) is 12.1 Å². The van der Waals surface area contributed by atoms with Crippen LogP contribution in [0.1, 0.15) is 105 Å². The van der Waals surface area contributed by atoms with Crippen LogP contribution in [-0.2, 0) is 16.1 Å². The highest BCUT2D eigenvalue weighted by Gasteiger charge is 2.33. The molecule has 0 saturated carbocycles. The highest BCUT2D eigenvalue weighted by atomic mass is 19.1. The summed E-state index contributed by atoms with van der Waals surface area (Å²) < 4.78 is 32.1. The number of esters is 2. The fourth-order valence-electron chi connectivity index (χ4n) is 4.45. The van der Waals surface area contributed by atoms with E-state index in [1.54, 1.807) is 33.8 Å². The SMILES string of the molecule is CC(C)OC(=O)c1c(C(C)C)cc(C(C)C)c(C(=O)OC(C)C)c1-c1ccc(F)cc1OCc1ccccc1. The second-order valence-electron chi connectivity index (χ2n) is 10.8. The van der Waals surface area contributed by atoms with E-state index in [0.717, 1.165) is 16.7 Å². The zero-order chi connectivity index (χ0) is 28.9. The summed E-state index contributed by atoms with van der Waals surface area (Å²) in [6, 6.07) is 15.6. The molecule has 0 radical (unpaired) electrons. The minimum atomic E-state index is -0.559. The molecule has 0 aliphatic heterocycles. The van der Waals surface area contributed by atoms with E-state index >= 15 is 0 Å². The largest absolute Gasteiger partial charge is 0.488 e. The first kappa shape index (κ1) is 29.9. The average Bonchev–Trinajstić information content (AvgIpc) is 2.86. The number of benzene rings is 3. The van der Waals surface area contributed by atoms with Crippen LogP contribution in [0.5, 0.6) is 5.75 Å². The normalized spacial score (nSPS) is 11.4. The summed E-state index contributed by atoms with van der Waals surface area (Å²) in [5.41, 5.74) is 3.64. The molecular weight excluding hydrogens is 495 g/mol. The van der Waals surface area contributed by atoms with Crippen molar-refractivity contribution in [2.24, 2.45) is 0 Å². The Morgan fingerprint density at radius 2 is 1.23 bits per heavy atom. The minimum Gasteiger partial charge on any atom is -0.488 e. The zero-order valence-electron chi connectivity index (χ0n) is 24.1. The maximum atomic E-state index is 14.6. The Labute approximate surface area is 231 Å². The lowest BCUT2D eigenvalue weighted by atomic mass is 9.81. The third-order valence-corrected chi connectivity index (χ3v) is 6.18. The van der Waals surface area contributed by atoms with Crippen LogP contribution in [0.2, 0.25) is 0 Å². The molecule has 39 heavy (non-hydrogen) atoms. The van der Waals surface area contributed by atoms with Crippen LogP contribution >= 0.6 is 0 Å². The lowest BCUT2D eigenvalue weighted by Crippen LogP contribution is -2.21. The third-order valence-electron chi connectivity index (χ3n) is 6.18. The van der Waals surface area contributed by atoms with E-state index in [0.29, 0.717) is 11.1 Å². The highest BCUT2D eigenvalue weighted by molar-refractivity contribution is 6.09. The Bertz CT molecular complexity index is 1260. The molecule has 0 fully saturated rings. The smallest absolute Gasteiger partial charge is 0.339 e. The molecule has 0 saturated heterocycles. The van der Waals surface area contributed by atoms with Gasteiger partial charge < -0.3 is 14.2 Å². The quantitative estimate of drug-likeness (QED) is 0.244. The molecule has 3 aromatic rings. The molecule has 0 aliphatic rings. The van der Waals surface area contributed by atoms with Gasteiger partial charge in [0.1, 0.15) is 18.2 Å². The van der Waals surface area contributed by atoms with E-state index in [4.69, 9.17) is 14.2 Å². The number of hydrogen-bond donors (Lipinski definition) is 0. The maximum Gasteiger partial charge on any atom is 0.339 e. The Balaban J connectivity index is 2.42. The molecule has 3 aromatic carbocycles. The first-order valence-electron chi connectivity index (χ1n) is 13.5. The Kier molecular flexibility index (Phi) is 9.90. The van der Waals surface area contributed by atoms with Gasteiger partial charge in [-0.3, -0.25) is 0 Å². The fourth-order valence-corrected chi connectivity index (χ4v) is 4.45. The van der Waals surface area contributed by atoms with Crippen LogP contribution in [0, 0.1) is 5.82 Å². The van der Waals surface area contributed by atoms with Crippen LogP contribution in [0.25, 0.3) is 11.1 Å². The van der Waals surface area contributed by atoms with Crippen molar-refractivity contribution in [1.29, 1.82) is 0 Å². The van der Waals surface area contributed by atoms with Crippen molar-refractivity contribution in [3.8, 4) is 16.9 Å². The van der Waals surface area contributed by atoms with Gasteiger partial charge in [-0.15, -0.1) is 0 Å². The summed E-state index contributed by atoms with van der Waals surface area (Å²) in [4.78, 5) is 27.4. The lowest BCUT2D eigenvalue weighted by Gasteiger charge is -2.26. The van der Waals surface area contributed by atoms with Gasteiger partial charge in [0, 0.05) is 17.2 Å². The van der Waals surface area contributed by atoms with Gasteiger partial charge in [-0.05, 0) is 68.4 Å². The first-order chi connectivity index (χ1) is 18.4. The molecule has 208 valence electrons. The molecule has 3 rings (SSSR count). The maximum absolute atomic E-state index is 14.6. The summed E-state index contributed by atoms with van der Waals surface area (Å²) >= 11 is 0. The van der Waals surface area contributed by atoms with E-state index in [9.17, 15) is 14.0 Å². The van der Waals surface area contributed by atoms with Gasteiger partial charge in [0.25, 0.3) is 0 Å². The van der Waals surface area contributed by atoms with E-state index in [2.05, 4.69) is 0 Å². The molecule has 6 heteroatoms. The van der Waals surface area contributed by atoms with Crippen molar-refractivity contribution in [3.63, 3.8) is 0 Å². The highest BCUT2D eigenvalue weighted by Crippen LogP contribution is 2.43. The lowest BCUT2D eigenvalue weighted by molar-refractivity contribution is 0.0377. The molecule has 0 atom stereocenters. The van der Waals surface area contributed by atoms with Crippen LogP contribution in [0.3, 0.4) is 0 Å². The van der Waals surface area contributed by atoms with E-state index in [1.807, 2.05) is 64.1 Å². The van der Waals surface area contributed by atoms with Crippen molar-refractivity contribution in [1.82, 2.24) is 0 Å². The van der Waals surface area contributed by atoms with Crippen molar-refractivity contribution in [2.75, 3.05) is 0 Å². The second-order valence-corrected chi connectivity index (χ2v) is 10.8. The molecule has 5 nitrogen and oxygen atoms in total. The summed E-state index contributed by atoms with van der Waals surface area (Å²) in [6.07, 6.45) is -0.772. The van der Waals surface area contributed by atoms with Crippen LogP contribution < -0.4 is 4.74 Å². The van der Waals surface area contributed by atoms with Gasteiger partial charge in [-0.1, -0.05) is 64.1 Å². The Hall–Kier alpha value is -3.67. The molecule has 0 aromatic heterocycles. The number of carbonyl (C=O) groups excluding carboxylic acids is 2. The number of ether oxygens (including phenoxy) is 3. The molecular formula is C33H39FO5. The van der Waals surface area contributed by atoms with Gasteiger partial charge >= 0.3 is 11.9 Å². The second kappa shape index (κ2) is 12.9. The Morgan fingerprint density at radius 1 is 0.718 bits per heavy atom. The van der Waals surface area contributed by atoms with Gasteiger partial charge in [0.2, 0.25) is 0 Å². The molecule has 0 amide bonds. The molecule has 0 bridgehead atoms. The van der Waals surface area contributed by atoms with Crippen molar-refractivity contribution in [2.45, 2.75) is 86.0 Å². The molecule has 0 spiro atoms. The van der Waals surface area contributed by atoms with E-state index < -0.39 is 17.8 Å². The number of halogens is 1. The third kappa shape index (κ3) is 7.25. The Morgan fingerprint density at radius 3 is 1.69 bits per heavy atom. The van der Waals surface area contributed by atoms with Crippen molar-refractivity contribution >= 4 is 11.9 Å². The predicted octanol–water partition coefficient (Wildman–Crippen LogP) is 8.45.